The first-order valence-electron chi connectivity index (χ1n) is 7.77. The predicted molar refractivity (Wildman–Crippen MR) is 90.6 cm³/mol. The van der Waals surface area contributed by atoms with Crippen LogP contribution in [-0.2, 0) is 0 Å². The summed E-state index contributed by atoms with van der Waals surface area (Å²) in [6.07, 6.45) is 3.68. The Morgan fingerprint density at radius 1 is 1.00 bits per heavy atom. The van der Waals surface area contributed by atoms with E-state index in [0.717, 1.165) is 31.9 Å². The Hall–Kier alpha value is -1.36. The van der Waals surface area contributed by atoms with Crippen LogP contribution in [0.4, 0.5) is 11.4 Å². The third-order valence-electron chi connectivity index (χ3n) is 4.32. The normalized spacial score (nSPS) is 19.6. The topological polar surface area (TPSA) is 49.6 Å². The minimum absolute atomic E-state index is 0.323. The molecule has 0 spiro atoms. The van der Waals surface area contributed by atoms with Crippen LogP contribution in [0, 0.1) is 0 Å². The van der Waals surface area contributed by atoms with Crippen LogP contribution >= 0.6 is 11.8 Å². The second kappa shape index (κ2) is 6.60. The molecule has 0 saturated carbocycles. The van der Waals surface area contributed by atoms with Crippen molar-refractivity contribution in [2.24, 2.45) is 5.73 Å². The summed E-state index contributed by atoms with van der Waals surface area (Å²) in [5, 5.41) is 0. The molecule has 1 aromatic rings. The zero-order valence-corrected chi connectivity index (χ0v) is 13.2. The summed E-state index contributed by atoms with van der Waals surface area (Å²) in [5.41, 5.74) is 8.48. The number of nitrogens with two attached hydrogens (primary N) is 1. The minimum Gasteiger partial charge on any atom is -0.371 e. The number of hydrogen-bond acceptors (Lipinski definition) is 4. The molecule has 5 heteroatoms. The van der Waals surface area contributed by atoms with Crippen LogP contribution < -0.4 is 15.5 Å². The lowest BCUT2D eigenvalue weighted by Crippen LogP contribution is -2.34. The van der Waals surface area contributed by atoms with Crippen molar-refractivity contribution in [1.82, 2.24) is 0 Å². The zero-order valence-electron chi connectivity index (χ0n) is 12.4. The molecule has 4 nitrogen and oxygen atoms in total. The highest BCUT2D eigenvalue weighted by atomic mass is 32.2. The van der Waals surface area contributed by atoms with Crippen molar-refractivity contribution < 1.29 is 4.79 Å². The fourth-order valence-corrected chi connectivity index (χ4v) is 4.05. The van der Waals surface area contributed by atoms with Gasteiger partial charge in [-0.05, 0) is 37.5 Å². The molecule has 0 atom stereocenters. The zero-order chi connectivity index (χ0) is 14.7. The molecule has 0 aliphatic carbocycles. The molecule has 2 saturated heterocycles. The number of primary amides is 1. The SMILES string of the molecule is NC(=O)c1ccc(N2CCSCC2)cc1N1CCCCC1. The van der Waals surface area contributed by atoms with E-state index in [1.807, 2.05) is 23.9 Å². The lowest BCUT2D eigenvalue weighted by molar-refractivity contribution is 0.100. The van der Waals surface area contributed by atoms with Gasteiger partial charge in [-0.25, -0.2) is 0 Å². The van der Waals surface area contributed by atoms with Gasteiger partial charge in [0.25, 0.3) is 5.91 Å². The van der Waals surface area contributed by atoms with Gasteiger partial charge in [-0.15, -0.1) is 0 Å². The minimum atomic E-state index is -0.323. The first-order chi connectivity index (χ1) is 10.3. The standard InChI is InChI=1S/C16H23N3OS/c17-16(20)14-5-4-13(18-8-10-21-11-9-18)12-15(14)19-6-2-1-3-7-19/h4-5,12H,1-3,6-11H2,(H2,17,20). The molecule has 1 amide bonds. The predicted octanol–water partition coefficient (Wildman–Crippen LogP) is 2.33. The van der Waals surface area contributed by atoms with Crippen LogP contribution in [0.2, 0.25) is 0 Å². The Labute approximate surface area is 130 Å². The molecule has 2 heterocycles. The molecule has 2 aliphatic heterocycles. The fraction of sp³-hybridized carbons (Fsp3) is 0.562. The number of anilines is 2. The van der Waals surface area contributed by atoms with Crippen LogP contribution in [0.1, 0.15) is 29.6 Å². The van der Waals surface area contributed by atoms with E-state index in [0.29, 0.717) is 5.56 Å². The summed E-state index contributed by atoms with van der Waals surface area (Å²) >= 11 is 2.01. The first kappa shape index (κ1) is 14.6. The van der Waals surface area contributed by atoms with Gasteiger partial charge in [-0.1, -0.05) is 0 Å². The maximum Gasteiger partial charge on any atom is 0.250 e. The number of amides is 1. The van der Waals surface area contributed by atoms with E-state index in [9.17, 15) is 4.79 Å². The van der Waals surface area contributed by atoms with Crippen molar-refractivity contribution in [1.29, 1.82) is 0 Å². The Bertz CT molecular complexity index is 508. The van der Waals surface area contributed by atoms with E-state index >= 15 is 0 Å². The Morgan fingerprint density at radius 3 is 2.38 bits per heavy atom. The second-order valence-electron chi connectivity index (χ2n) is 5.71. The second-order valence-corrected chi connectivity index (χ2v) is 6.94. The van der Waals surface area contributed by atoms with Gasteiger partial charge in [0, 0.05) is 43.4 Å². The van der Waals surface area contributed by atoms with Gasteiger partial charge >= 0.3 is 0 Å². The quantitative estimate of drug-likeness (QED) is 0.931. The van der Waals surface area contributed by atoms with Crippen LogP contribution in [0.3, 0.4) is 0 Å². The lowest BCUT2D eigenvalue weighted by atomic mass is 10.1. The third kappa shape index (κ3) is 3.28. The number of nitrogens with zero attached hydrogens (tertiary/aromatic N) is 2. The van der Waals surface area contributed by atoms with Gasteiger partial charge < -0.3 is 15.5 Å². The summed E-state index contributed by atoms with van der Waals surface area (Å²) in [5.74, 6) is 2.03. The largest absolute Gasteiger partial charge is 0.371 e. The van der Waals surface area contributed by atoms with Crippen LogP contribution in [-0.4, -0.2) is 43.6 Å². The van der Waals surface area contributed by atoms with E-state index in [4.69, 9.17) is 5.73 Å². The van der Waals surface area contributed by atoms with Crippen molar-refractivity contribution in [3.05, 3.63) is 23.8 Å². The molecule has 2 fully saturated rings. The Kier molecular flexibility index (Phi) is 4.58. The number of piperidine rings is 1. The molecule has 0 bridgehead atoms. The number of benzene rings is 1. The van der Waals surface area contributed by atoms with E-state index < -0.39 is 0 Å². The number of thioether (sulfide) groups is 1. The monoisotopic (exact) mass is 305 g/mol. The van der Waals surface area contributed by atoms with Crippen molar-refractivity contribution in [2.45, 2.75) is 19.3 Å². The Balaban J connectivity index is 1.91. The van der Waals surface area contributed by atoms with Gasteiger partial charge in [-0.2, -0.15) is 11.8 Å². The molecule has 1 aromatic carbocycles. The van der Waals surface area contributed by atoms with Gasteiger partial charge in [0.2, 0.25) is 0 Å². The number of rotatable bonds is 3. The molecule has 2 aliphatic rings. The average molecular weight is 305 g/mol. The highest BCUT2D eigenvalue weighted by Crippen LogP contribution is 2.30. The van der Waals surface area contributed by atoms with Gasteiger partial charge in [-0.3, -0.25) is 4.79 Å². The van der Waals surface area contributed by atoms with E-state index in [2.05, 4.69) is 15.9 Å². The average Bonchev–Trinajstić information content (AvgIpc) is 2.56. The van der Waals surface area contributed by atoms with Crippen LogP contribution in [0.25, 0.3) is 0 Å². The number of carbonyl (C=O) groups excluding carboxylic acids is 1. The molecule has 3 rings (SSSR count). The van der Waals surface area contributed by atoms with Crippen molar-refractivity contribution in [3.8, 4) is 0 Å². The summed E-state index contributed by atoms with van der Waals surface area (Å²) in [6.45, 7) is 4.22. The summed E-state index contributed by atoms with van der Waals surface area (Å²) < 4.78 is 0. The Morgan fingerprint density at radius 2 is 1.71 bits per heavy atom. The summed E-state index contributed by atoms with van der Waals surface area (Å²) in [6, 6.07) is 6.12. The number of carbonyl (C=O) groups is 1. The lowest BCUT2D eigenvalue weighted by Gasteiger charge is -2.33. The van der Waals surface area contributed by atoms with Crippen LogP contribution in [0.5, 0.6) is 0 Å². The maximum atomic E-state index is 11.7. The van der Waals surface area contributed by atoms with Gasteiger partial charge in [0.15, 0.2) is 0 Å². The molecular formula is C16H23N3OS. The van der Waals surface area contributed by atoms with Crippen molar-refractivity contribution >= 4 is 29.0 Å². The van der Waals surface area contributed by atoms with E-state index in [1.54, 1.807) is 0 Å². The number of hydrogen-bond donors (Lipinski definition) is 1. The fourth-order valence-electron chi connectivity index (χ4n) is 3.14. The van der Waals surface area contributed by atoms with E-state index in [1.165, 1.54) is 36.5 Å². The molecule has 0 radical (unpaired) electrons. The molecule has 21 heavy (non-hydrogen) atoms. The van der Waals surface area contributed by atoms with Gasteiger partial charge in [0.05, 0.1) is 11.3 Å². The first-order valence-corrected chi connectivity index (χ1v) is 8.93. The van der Waals surface area contributed by atoms with Crippen molar-refractivity contribution in [3.63, 3.8) is 0 Å². The van der Waals surface area contributed by atoms with Gasteiger partial charge in [0.1, 0.15) is 0 Å². The molecular weight excluding hydrogens is 282 g/mol. The highest BCUT2D eigenvalue weighted by Gasteiger charge is 2.20. The van der Waals surface area contributed by atoms with Crippen LogP contribution in [0.15, 0.2) is 18.2 Å². The van der Waals surface area contributed by atoms with Crippen molar-refractivity contribution in [2.75, 3.05) is 47.5 Å². The summed E-state index contributed by atoms with van der Waals surface area (Å²) in [7, 11) is 0. The third-order valence-corrected chi connectivity index (χ3v) is 5.26. The molecule has 0 aromatic heterocycles. The smallest absolute Gasteiger partial charge is 0.250 e. The summed E-state index contributed by atoms with van der Waals surface area (Å²) in [4.78, 5) is 16.5. The maximum absolute atomic E-state index is 11.7. The molecule has 2 N–H and O–H groups in total. The highest BCUT2D eigenvalue weighted by molar-refractivity contribution is 7.99. The molecule has 114 valence electrons. The van der Waals surface area contributed by atoms with E-state index in [-0.39, 0.29) is 5.91 Å². The molecule has 0 unspecified atom stereocenters.